The van der Waals surface area contributed by atoms with E-state index in [9.17, 15) is 4.79 Å². The molecule has 2 aromatic carbocycles. The predicted octanol–water partition coefficient (Wildman–Crippen LogP) is 4.62. The molecule has 2 aliphatic heterocycles. The predicted molar refractivity (Wildman–Crippen MR) is 118 cm³/mol. The van der Waals surface area contributed by atoms with Crippen LogP contribution in [0.4, 0.5) is 0 Å². The molecule has 0 bridgehead atoms. The van der Waals surface area contributed by atoms with E-state index < -0.39 is 11.6 Å². The highest BCUT2D eigenvalue weighted by atomic mass is 79.9. The van der Waals surface area contributed by atoms with Crippen molar-refractivity contribution in [3.8, 4) is 11.5 Å². The molecule has 0 atom stereocenters. The number of benzene rings is 2. The molecule has 0 saturated carbocycles. The summed E-state index contributed by atoms with van der Waals surface area (Å²) in [4.78, 5) is 13.0. The molecular formula is C22H23BrClNO4. The zero-order chi connectivity index (χ0) is 19.7. The fourth-order valence-corrected chi connectivity index (χ4v) is 4.51. The van der Waals surface area contributed by atoms with Gasteiger partial charge in [-0.3, -0.25) is 9.69 Å². The van der Waals surface area contributed by atoms with Crippen molar-refractivity contribution < 1.29 is 19.4 Å². The lowest BCUT2D eigenvalue weighted by molar-refractivity contribution is -0.139. The smallest absolute Gasteiger partial charge is 0.317 e. The summed E-state index contributed by atoms with van der Waals surface area (Å²) < 4.78 is 12.7. The summed E-state index contributed by atoms with van der Waals surface area (Å²) in [7, 11) is 1.66. The van der Waals surface area contributed by atoms with Gasteiger partial charge in [0.25, 0.3) is 0 Å². The Labute approximate surface area is 184 Å². The molecule has 1 spiro atoms. The number of likely N-dealkylation sites (tertiary alicyclic amines) is 1. The van der Waals surface area contributed by atoms with Crippen molar-refractivity contribution in [2.75, 3.05) is 26.7 Å². The second kappa shape index (κ2) is 8.78. The zero-order valence-corrected chi connectivity index (χ0v) is 18.5. The van der Waals surface area contributed by atoms with E-state index in [1.165, 1.54) is 0 Å². The second-order valence-corrected chi connectivity index (χ2v) is 8.09. The van der Waals surface area contributed by atoms with Gasteiger partial charge in [0.15, 0.2) is 0 Å². The van der Waals surface area contributed by atoms with Crippen LogP contribution in [-0.4, -0.2) is 48.3 Å². The maximum atomic E-state index is 11.0. The van der Waals surface area contributed by atoms with E-state index >= 15 is 0 Å². The number of methoxy groups -OCH3 is 1. The van der Waals surface area contributed by atoms with E-state index in [4.69, 9.17) is 14.6 Å². The minimum atomic E-state index is -0.787. The Morgan fingerprint density at radius 3 is 2.62 bits per heavy atom. The van der Waals surface area contributed by atoms with Crippen molar-refractivity contribution in [1.29, 1.82) is 0 Å². The Balaban J connectivity index is 0.00000240. The van der Waals surface area contributed by atoms with Crippen LogP contribution in [-0.2, 0) is 4.79 Å². The Hall–Kier alpha value is -2.02. The molecule has 154 valence electrons. The summed E-state index contributed by atoms with van der Waals surface area (Å²) in [6.07, 6.45) is 3.74. The Kier molecular flexibility index (Phi) is 6.56. The Bertz CT molecular complexity index is 938. The van der Waals surface area contributed by atoms with E-state index in [0.29, 0.717) is 13.1 Å². The molecule has 0 radical (unpaired) electrons. The largest absolute Gasteiger partial charge is 0.496 e. The lowest BCUT2D eigenvalue weighted by Gasteiger charge is -2.42. The van der Waals surface area contributed by atoms with Gasteiger partial charge in [-0.2, -0.15) is 0 Å². The molecule has 2 aromatic rings. The zero-order valence-electron chi connectivity index (χ0n) is 16.1. The molecule has 0 aliphatic carbocycles. The van der Waals surface area contributed by atoms with Crippen molar-refractivity contribution in [3.63, 3.8) is 0 Å². The third-order valence-corrected chi connectivity index (χ3v) is 6.04. The summed E-state index contributed by atoms with van der Waals surface area (Å²) in [5.41, 5.74) is 2.89. The number of para-hydroxylation sites is 1. The SMILES string of the molecule is COc1ccc(C2=CC3(CCN(CC(=O)O)CC3)Oc3ccccc32)cc1Br.Cl. The minimum absolute atomic E-state index is 0. The number of fused-ring (bicyclic) bond motifs is 1. The highest BCUT2D eigenvalue weighted by Crippen LogP contribution is 2.44. The highest BCUT2D eigenvalue weighted by Gasteiger charge is 2.39. The van der Waals surface area contributed by atoms with Gasteiger partial charge in [0.05, 0.1) is 18.1 Å². The molecule has 0 amide bonds. The summed E-state index contributed by atoms with van der Waals surface area (Å²) in [6, 6.07) is 14.2. The van der Waals surface area contributed by atoms with Crippen LogP contribution in [0.3, 0.4) is 0 Å². The van der Waals surface area contributed by atoms with Gasteiger partial charge in [-0.05, 0) is 51.3 Å². The fourth-order valence-electron chi connectivity index (χ4n) is 3.97. The number of aliphatic carboxylic acids is 1. The van der Waals surface area contributed by atoms with E-state index in [1.807, 2.05) is 29.2 Å². The van der Waals surface area contributed by atoms with Gasteiger partial charge in [-0.25, -0.2) is 0 Å². The first-order valence-electron chi connectivity index (χ1n) is 9.29. The summed E-state index contributed by atoms with van der Waals surface area (Å²) in [6.45, 7) is 1.48. The number of hydrogen-bond acceptors (Lipinski definition) is 4. The van der Waals surface area contributed by atoms with Gasteiger partial charge >= 0.3 is 5.97 Å². The lowest BCUT2D eigenvalue weighted by Crippen LogP contribution is -2.49. The maximum Gasteiger partial charge on any atom is 0.317 e. The van der Waals surface area contributed by atoms with Crippen LogP contribution in [0.2, 0.25) is 0 Å². The first-order chi connectivity index (χ1) is 13.5. The van der Waals surface area contributed by atoms with Crippen molar-refractivity contribution in [1.82, 2.24) is 4.90 Å². The van der Waals surface area contributed by atoms with Crippen molar-refractivity contribution >= 4 is 39.9 Å². The van der Waals surface area contributed by atoms with Crippen LogP contribution in [0.15, 0.2) is 53.0 Å². The third kappa shape index (κ3) is 4.44. The average Bonchev–Trinajstić information content (AvgIpc) is 2.69. The van der Waals surface area contributed by atoms with Gasteiger partial charge in [0, 0.05) is 31.5 Å². The van der Waals surface area contributed by atoms with Crippen LogP contribution in [0.25, 0.3) is 5.57 Å². The molecule has 0 aromatic heterocycles. The van der Waals surface area contributed by atoms with E-state index in [2.05, 4.69) is 40.2 Å². The molecular weight excluding hydrogens is 458 g/mol. The van der Waals surface area contributed by atoms with Crippen LogP contribution in [0, 0.1) is 0 Å². The molecule has 2 heterocycles. The van der Waals surface area contributed by atoms with E-state index in [1.54, 1.807) is 7.11 Å². The molecule has 29 heavy (non-hydrogen) atoms. The molecule has 1 fully saturated rings. The summed E-state index contributed by atoms with van der Waals surface area (Å²) in [5.74, 6) is 0.880. The monoisotopic (exact) mass is 479 g/mol. The highest BCUT2D eigenvalue weighted by molar-refractivity contribution is 9.10. The number of carboxylic acid groups (broad SMARTS) is 1. The standard InChI is InChI=1S/C22H22BrNO4.ClH/c1-27-20-7-6-15(12-18(20)23)17-13-22(28-19-5-3-2-4-16(17)19)8-10-24(11-9-22)14-21(25)26;/h2-7,12-13H,8-11,14H2,1H3,(H,25,26);1H. The van der Waals surface area contributed by atoms with Gasteiger partial charge < -0.3 is 14.6 Å². The number of carboxylic acids is 1. The topological polar surface area (TPSA) is 59.0 Å². The third-order valence-electron chi connectivity index (χ3n) is 5.42. The number of ether oxygens (including phenoxy) is 2. The van der Waals surface area contributed by atoms with Crippen LogP contribution in [0.5, 0.6) is 11.5 Å². The van der Waals surface area contributed by atoms with Crippen LogP contribution < -0.4 is 9.47 Å². The second-order valence-electron chi connectivity index (χ2n) is 7.24. The van der Waals surface area contributed by atoms with Gasteiger partial charge in [0.2, 0.25) is 0 Å². The first kappa shape index (κ1) is 21.7. The normalized spacial score (nSPS) is 17.5. The Morgan fingerprint density at radius 1 is 1.24 bits per heavy atom. The molecule has 2 aliphatic rings. The number of piperidine rings is 1. The lowest BCUT2D eigenvalue weighted by atomic mass is 9.83. The van der Waals surface area contributed by atoms with E-state index in [0.717, 1.165) is 45.5 Å². The van der Waals surface area contributed by atoms with Gasteiger partial charge in [-0.1, -0.05) is 24.3 Å². The first-order valence-corrected chi connectivity index (χ1v) is 10.1. The molecule has 1 saturated heterocycles. The van der Waals surface area contributed by atoms with Crippen LogP contribution >= 0.6 is 28.3 Å². The minimum Gasteiger partial charge on any atom is -0.496 e. The number of nitrogens with zero attached hydrogens (tertiary/aromatic N) is 1. The quantitative estimate of drug-likeness (QED) is 0.692. The van der Waals surface area contributed by atoms with Crippen molar-refractivity contribution in [2.45, 2.75) is 18.4 Å². The van der Waals surface area contributed by atoms with Crippen molar-refractivity contribution in [3.05, 3.63) is 64.1 Å². The number of carbonyl (C=O) groups is 1. The number of halogens is 2. The molecule has 4 rings (SSSR count). The average molecular weight is 481 g/mol. The number of rotatable bonds is 4. The molecule has 0 unspecified atom stereocenters. The van der Waals surface area contributed by atoms with Gasteiger partial charge in [-0.15, -0.1) is 12.4 Å². The van der Waals surface area contributed by atoms with Crippen LogP contribution in [0.1, 0.15) is 24.0 Å². The summed E-state index contributed by atoms with van der Waals surface area (Å²) in [5, 5.41) is 9.06. The van der Waals surface area contributed by atoms with Crippen molar-refractivity contribution in [2.24, 2.45) is 0 Å². The number of hydrogen-bond donors (Lipinski definition) is 1. The van der Waals surface area contributed by atoms with Gasteiger partial charge in [0.1, 0.15) is 17.1 Å². The van der Waals surface area contributed by atoms with E-state index in [-0.39, 0.29) is 19.0 Å². The molecule has 7 heteroatoms. The summed E-state index contributed by atoms with van der Waals surface area (Å²) >= 11 is 3.59. The fraction of sp³-hybridized carbons (Fsp3) is 0.318. The Morgan fingerprint density at radius 2 is 1.97 bits per heavy atom. The maximum absolute atomic E-state index is 11.0. The molecule has 5 nitrogen and oxygen atoms in total. The molecule has 1 N–H and O–H groups in total.